The molecule has 0 radical (unpaired) electrons. The van der Waals surface area contributed by atoms with Crippen LogP contribution in [0.5, 0.6) is 0 Å². The largest absolute Gasteiger partial charge is 0.348 e. The van der Waals surface area contributed by atoms with Gasteiger partial charge in [0.05, 0.1) is 12.0 Å². The molecular formula is C16H27N3. The molecule has 3 rings (SSSR count). The Labute approximate surface area is 116 Å². The summed E-state index contributed by atoms with van der Waals surface area (Å²) >= 11 is 0. The van der Waals surface area contributed by atoms with Gasteiger partial charge in [0.15, 0.2) is 0 Å². The maximum absolute atomic E-state index is 4.42. The Hall–Kier alpha value is -0.830. The second-order valence-corrected chi connectivity index (χ2v) is 6.61. The molecule has 0 bridgehead atoms. The van der Waals surface area contributed by atoms with Crippen molar-refractivity contribution in [2.24, 2.45) is 11.8 Å². The molecule has 1 aromatic heterocycles. The highest BCUT2D eigenvalue weighted by atomic mass is 14.9. The number of H-pyrrole nitrogens is 1. The van der Waals surface area contributed by atoms with Crippen LogP contribution in [0.1, 0.15) is 56.3 Å². The second-order valence-electron chi connectivity index (χ2n) is 6.61. The summed E-state index contributed by atoms with van der Waals surface area (Å²) in [5, 5.41) is 3.75. The molecular weight excluding hydrogens is 234 g/mol. The number of aryl methyl sites for hydroxylation is 1. The van der Waals surface area contributed by atoms with Crippen molar-refractivity contribution >= 4 is 0 Å². The van der Waals surface area contributed by atoms with Crippen molar-refractivity contribution in [2.75, 3.05) is 6.54 Å². The maximum Gasteiger partial charge on any atom is 0.0925 e. The molecule has 2 unspecified atom stereocenters. The zero-order valence-corrected chi connectivity index (χ0v) is 12.1. The van der Waals surface area contributed by atoms with Crippen molar-refractivity contribution in [3.05, 3.63) is 17.7 Å². The molecule has 1 aliphatic carbocycles. The number of piperidine rings is 1. The number of aromatic amines is 1. The number of aromatic nitrogens is 2. The first-order valence-electron chi connectivity index (χ1n) is 8.03. The predicted octanol–water partition coefficient (Wildman–Crippen LogP) is 3.21. The lowest BCUT2D eigenvalue weighted by molar-refractivity contribution is 0.262. The van der Waals surface area contributed by atoms with Crippen LogP contribution in [0.4, 0.5) is 0 Å². The van der Waals surface area contributed by atoms with E-state index in [1.165, 1.54) is 62.9 Å². The first-order valence-corrected chi connectivity index (χ1v) is 8.03. The first-order chi connectivity index (χ1) is 9.31. The highest BCUT2D eigenvalue weighted by molar-refractivity contribution is 5.10. The SMILES string of the molecule is Cc1[nH]cnc1CC1CCC(CC2CCCC2)CN1. The molecule has 2 fully saturated rings. The third kappa shape index (κ3) is 3.38. The van der Waals surface area contributed by atoms with E-state index in [0.717, 1.165) is 18.3 Å². The van der Waals surface area contributed by atoms with Gasteiger partial charge in [-0.15, -0.1) is 0 Å². The molecule has 2 atom stereocenters. The number of imidazole rings is 1. The van der Waals surface area contributed by atoms with Crippen LogP contribution < -0.4 is 5.32 Å². The van der Waals surface area contributed by atoms with E-state index in [-0.39, 0.29) is 0 Å². The minimum Gasteiger partial charge on any atom is -0.348 e. The highest BCUT2D eigenvalue weighted by Crippen LogP contribution is 2.32. The van der Waals surface area contributed by atoms with Gasteiger partial charge in [-0.2, -0.15) is 0 Å². The molecule has 0 amide bonds. The summed E-state index contributed by atoms with van der Waals surface area (Å²) in [5.74, 6) is 1.97. The average Bonchev–Trinajstić information content (AvgIpc) is 3.05. The Kier molecular flexibility index (Phi) is 4.21. The van der Waals surface area contributed by atoms with Gasteiger partial charge in [-0.1, -0.05) is 25.7 Å². The molecule has 1 aromatic rings. The monoisotopic (exact) mass is 261 g/mol. The fourth-order valence-electron chi connectivity index (χ4n) is 3.89. The van der Waals surface area contributed by atoms with Gasteiger partial charge in [0, 0.05) is 18.2 Å². The minimum absolute atomic E-state index is 0.641. The van der Waals surface area contributed by atoms with E-state index in [1.54, 1.807) is 0 Å². The van der Waals surface area contributed by atoms with Crippen LogP contribution in [0.2, 0.25) is 0 Å². The Morgan fingerprint density at radius 1 is 1.16 bits per heavy atom. The zero-order chi connectivity index (χ0) is 13.1. The molecule has 3 heteroatoms. The van der Waals surface area contributed by atoms with E-state index in [1.807, 2.05) is 6.33 Å². The standard InChI is InChI=1S/C16H27N3/c1-12-16(19-11-18-12)9-15-7-6-14(10-17-15)8-13-4-2-3-5-13/h11,13-15,17H,2-10H2,1H3,(H,18,19). The van der Waals surface area contributed by atoms with Gasteiger partial charge < -0.3 is 10.3 Å². The minimum atomic E-state index is 0.641. The topological polar surface area (TPSA) is 40.7 Å². The molecule has 2 N–H and O–H groups in total. The summed E-state index contributed by atoms with van der Waals surface area (Å²) in [6, 6.07) is 0.641. The molecule has 1 saturated carbocycles. The van der Waals surface area contributed by atoms with E-state index in [0.29, 0.717) is 6.04 Å². The van der Waals surface area contributed by atoms with Gasteiger partial charge in [-0.05, 0) is 44.6 Å². The number of hydrogen-bond donors (Lipinski definition) is 2. The number of nitrogens with zero attached hydrogens (tertiary/aromatic N) is 1. The normalized spacial score (nSPS) is 28.9. The van der Waals surface area contributed by atoms with Gasteiger partial charge in [0.2, 0.25) is 0 Å². The fraction of sp³-hybridized carbons (Fsp3) is 0.812. The number of hydrogen-bond acceptors (Lipinski definition) is 2. The lowest BCUT2D eigenvalue weighted by Crippen LogP contribution is -2.40. The van der Waals surface area contributed by atoms with Crippen LogP contribution in [-0.4, -0.2) is 22.6 Å². The summed E-state index contributed by atoms with van der Waals surface area (Å²) < 4.78 is 0. The van der Waals surface area contributed by atoms with Crippen molar-refractivity contribution in [3.8, 4) is 0 Å². The van der Waals surface area contributed by atoms with Crippen LogP contribution in [0.15, 0.2) is 6.33 Å². The maximum atomic E-state index is 4.42. The van der Waals surface area contributed by atoms with E-state index in [9.17, 15) is 0 Å². The van der Waals surface area contributed by atoms with Crippen LogP contribution in [0.3, 0.4) is 0 Å². The summed E-state index contributed by atoms with van der Waals surface area (Å²) in [7, 11) is 0. The first kappa shape index (κ1) is 13.2. The zero-order valence-electron chi connectivity index (χ0n) is 12.1. The molecule has 0 spiro atoms. The van der Waals surface area contributed by atoms with Crippen molar-refractivity contribution in [1.82, 2.24) is 15.3 Å². The smallest absolute Gasteiger partial charge is 0.0925 e. The van der Waals surface area contributed by atoms with E-state index < -0.39 is 0 Å². The second kappa shape index (κ2) is 6.08. The average molecular weight is 261 g/mol. The Balaban J connectivity index is 1.43. The number of rotatable bonds is 4. The molecule has 0 aromatic carbocycles. The van der Waals surface area contributed by atoms with Crippen LogP contribution in [0, 0.1) is 18.8 Å². The van der Waals surface area contributed by atoms with Crippen molar-refractivity contribution in [3.63, 3.8) is 0 Å². The van der Waals surface area contributed by atoms with Crippen LogP contribution >= 0.6 is 0 Å². The van der Waals surface area contributed by atoms with Crippen LogP contribution in [-0.2, 0) is 6.42 Å². The van der Waals surface area contributed by atoms with Gasteiger partial charge in [0.1, 0.15) is 0 Å². The summed E-state index contributed by atoms with van der Waals surface area (Å²) in [5.41, 5.74) is 2.47. The molecule has 1 aliphatic heterocycles. The van der Waals surface area contributed by atoms with Crippen LogP contribution in [0.25, 0.3) is 0 Å². The fourth-order valence-corrected chi connectivity index (χ4v) is 3.89. The van der Waals surface area contributed by atoms with E-state index >= 15 is 0 Å². The Morgan fingerprint density at radius 2 is 2.00 bits per heavy atom. The molecule has 1 saturated heterocycles. The van der Waals surface area contributed by atoms with E-state index in [4.69, 9.17) is 0 Å². The molecule has 2 heterocycles. The van der Waals surface area contributed by atoms with Crippen molar-refractivity contribution in [2.45, 2.75) is 64.3 Å². The third-order valence-electron chi connectivity index (χ3n) is 5.13. The molecule has 106 valence electrons. The number of nitrogens with one attached hydrogen (secondary N) is 2. The summed E-state index contributed by atoms with van der Waals surface area (Å²) in [6.07, 6.45) is 13.1. The van der Waals surface area contributed by atoms with Gasteiger partial charge in [0.25, 0.3) is 0 Å². The van der Waals surface area contributed by atoms with Gasteiger partial charge >= 0.3 is 0 Å². The highest BCUT2D eigenvalue weighted by Gasteiger charge is 2.25. The molecule has 2 aliphatic rings. The molecule has 19 heavy (non-hydrogen) atoms. The third-order valence-corrected chi connectivity index (χ3v) is 5.13. The predicted molar refractivity (Wildman–Crippen MR) is 78.1 cm³/mol. The van der Waals surface area contributed by atoms with Gasteiger partial charge in [-0.3, -0.25) is 0 Å². The summed E-state index contributed by atoms with van der Waals surface area (Å²) in [4.78, 5) is 7.59. The van der Waals surface area contributed by atoms with E-state index in [2.05, 4.69) is 22.2 Å². The Morgan fingerprint density at radius 3 is 2.63 bits per heavy atom. The lowest BCUT2D eigenvalue weighted by atomic mass is 9.85. The lowest BCUT2D eigenvalue weighted by Gasteiger charge is -2.31. The Bertz CT molecular complexity index is 384. The molecule has 3 nitrogen and oxygen atoms in total. The van der Waals surface area contributed by atoms with Crippen molar-refractivity contribution in [1.29, 1.82) is 0 Å². The van der Waals surface area contributed by atoms with Crippen molar-refractivity contribution < 1.29 is 0 Å². The summed E-state index contributed by atoms with van der Waals surface area (Å²) in [6.45, 7) is 3.35. The van der Waals surface area contributed by atoms with Gasteiger partial charge in [-0.25, -0.2) is 4.98 Å². The quantitative estimate of drug-likeness (QED) is 0.874.